The molecule has 0 aliphatic rings. The first-order valence-electron chi connectivity index (χ1n) is 8.36. The summed E-state index contributed by atoms with van der Waals surface area (Å²) in [4.78, 5) is 5.00. The van der Waals surface area contributed by atoms with Crippen molar-refractivity contribution >= 4 is 55.0 Å². The molecule has 0 aliphatic heterocycles. The van der Waals surface area contributed by atoms with Crippen LogP contribution < -0.4 is 0 Å². The molecule has 4 rings (SSSR count). The van der Waals surface area contributed by atoms with Gasteiger partial charge >= 0.3 is 0 Å². The molecule has 118 valence electrons. The molecule has 0 bridgehead atoms. The van der Waals surface area contributed by atoms with Gasteiger partial charge in [-0.2, -0.15) is 22.7 Å². The number of hydrogen-bond donors (Lipinski definition) is 0. The summed E-state index contributed by atoms with van der Waals surface area (Å²) in [6.45, 7) is 6.71. The normalized spacial score (nSPS) is 12.0. The number of unbranched alkanes of at least 4 members (excludes halogenated alkanes) is 2. The summed E-state index contributed by atoms with van der Waals surface area (Å²) in [7, 11) is 0. The summed E-state index contributed by atoms with van der Waals surface area (Å²) in [5.74, 6) is 0. The van der Waals surface area contributed by atoms with E-state index < -0.39 is 0 Å². The Morgan fingerprint density at radius 2 is 1.43 bits per heavy atom. The molecule has 0 spiro atoms. The molecule has 23 heavy (non-hydrogen) atoms. The number of hydrogen-bond acceptors (Lipinski definition) is 3. The number of benzene rings is 1. The lowest BCUT2D eigenvalue weighted by atomic mass is 9.94. The lowest BCUT2D eigenvalue weighted by molar-refractivity contribution is 0.704. The molecule has 0 saturated heterocycles. The molecule has 1 nitrogen and oxygen atoms in total. The van der Waals surface area contributed by atoms with Crippen LogP contribution in [-0.4, -0.2) is 4.98 Å². The van der Waals surface area contributed by atoms with E-state index in [1.54, 1.807) is 11.3 Å². The van der Waals surface area contributed by atoms with Crippen LogP contribution >= 0.6 is 22.7 Å². The van der Waals surface area contributed by atoms with Crippen LogP contribution in [-0.2, 0) is 6.42 Å². The van der Waals surface area contributed by atoms with E-state index in [1.807, 2.05) is 11.3 Å². The highest BCUT2D eigenvalue weighted by molar-refractivity contribution is 7.11. The van der Waals surface area contributed by atoms with Gasteiger partial charge in [-0.3, -0.25) is 4.98 Å². The molecular formula is C20H21NS2. The average molecular weight is 340 g/mol. The SMILES string of the molecule is CCCCCc1nc(C)c2c3cscc3c3cscc3c2c1C. The number of aryl methyl sites for hydroxylation is 3. The molecule has 0 fully saturated rings. The smallest absolute Gasteiger partial charge is 0.0461 e. The van der Waals surface area contributed by atoms with Gasteiger partial charge in [-0.05, 0) is 59.2 Å². The van der Waals surface area contributed by atoms with Gasteiger partial charge in [0.2, 0.25) is 0 Å². The molecule has 0 unspecified atom stereocenters. The molecule has 3 aromatic heterocycles. The van der Waals surface area contributed by atoms with Crippen LogP contribution in [0.5, 0.6) is 0 Å². The van der Waals surface area contributed by atoms with Crippen molar-refractivity contribution in [3.8, 4) is 0 Å². The predicted octanol–water partition coefficient (Wildman–Crippen LogP) is 7.01. The van der Waals surface area contributed by atoms with Crippen molar-refractivity contribution in [2.75, 3.05) is 0 Å². The van der Waals surface area contributed by atoms with E-state index in [0.29, 0.717) is 0 Å². The first kappa shape index (κ1) is 15.1. The van der Waals surface area contributed by atoms with Gasteiger partial charge in [-0.15, -0.1) is 0 Å². The Kier molecular flexibility index (Phi) is 3.86. The Bertz CT molecular complexity index is 1010. The lowest BCUT2D eigenvalue weighted by Gasteiger charge is -2.14. The quantitative estimate of drug-likeness (QED) is 0.364. The largest absolute Gasteiger partial charge is 0.257 e. The van der Waals surface area contributed by atoms with Gasteiger partial charge < -0.3 is 0 Å². The topological polar surface area (TPSA) is 12.9 Å². The van der Waals surface area contributed by atoms with E-state index in [1.165, 1.54) is 68.5 Å². The van der Waals surface area contributed by atoms with Crippen LogP contribution in [0.3, 0.4) is 0 Å². The monoisotopic (exact) mass is 339 g/mol. The summed E-state index contributed by atoms with van der Waals surface area (Å²) >= 11 is 3.61. The maximum Gasteiger partial charge on any atom is 0.0461 e. The molecule has 0 aliphatic carbocycles. The fourth-order valence-corrected chi connectivity index (χ4v) is 5.38. The van der Waals surface area contributed by atoms with Gasteiger partial charge in [0.15, 0.2) is 0 Å². The second kappa shape index (κ2) is 5.88. The molecular weight excluding hydrogens is 318 g/mol. The lowest BCUT2D eigenvalue weighted by Crippen LogP contribution is -1.99. The molecule has 0 saturated carbocycles. The fraction of sp³-hybridized carbons (Fsp3) is 0.350. The minimum atomic E-state index is 1.10. The Balaban J connectivity index is 2.08. The van der Waals surface area contributed by atoms with Crippen LogP contribution in [0.2, 0.25) is 0 Å². The molecule has 0 atom stereocenters. The minimum absolute atomic E-state index is 1.10. The van der Waals surface area contributed by atoms with Crippen molar-refractivity contribution in [3.05, 3.63) is 38.5 Å². The van der Waals surface area contributed by atoms with Gasteiger partial charge in [0, 0.05) is 38.3 Å². The molecule has 1 aromatic carbocycles. The van der Waals surface area contributed by atoms with Crippen molar-refractivity contribution in [2.24, 2.45) is 0 Å². The molecule has 4 aromatic rings. The minimum Gasteiger partial charge on any atom is -0.257 e. The summed E-state index contributed by atoms with van der Waals surface area (Å²) in [5.41, 5.74) is 3.87. The number of aromatic nitrogens is 1. The highest BCUT2D eigenvalue weighted by atomic mass is 32.1. The Morgan fingerprint density at radius 3 is 2.09 bits per heavy atom. The third-order valence-electron chi connectivity index (χ3n) is 4.89. The van der Waals surface area contributed by atoms with Crippen molar-refractivity contribution in [2.45, 2.75) is 46.5 Å². The second-order valence-corrected chi connectivity index (χ2v) is 7.86. The number of rotatable bonds is 4. The van der Waals surface area contributed by atoms with Crippen molar-refractivity contribution in [3.63, 3.8) is 0 Å². The Morgan fingerprint density at radius 1 is 0.826 bits per heavy atom. The first-order valence-corrected chi connectivity index (χ1v) is 10.2. The summed E-state index contributed by atoms with van der Waals surface area (Å²) < 4.78 is 0. The molecule has 3 heteroatoms. The number of thiophene rings is 2. The summed E-state index contributed by atoms with van der Waals surface area (Å²) in [6, 6.07) is 0. The van der Waals surface area contributed by atoms with Gasteiger partial charge in [-0.25, -0.2) is 0 Å². The third kappa shape index (κ3) is 2.29. The number of pyridine rings is 1. The van der Waals surface area contributed by atoms with Crippen molar-refractivity contribution in [1.82, 2.24) is 4.98 Å². The molecule has 0 radical (unpaired) electrons. The zero-order valence-corrected chi connectivity index (χ0v) is 15.5. The van der Waals surface area contributed by atoms with E-state index in [4.69, 9.17) is 4.98 Å². The summed E-state index contributed by atoms with van der Waals surface area (Å²) in [5, 5.41) is 17.6. The van der Waals surface area contributed by atoms with Crippen LogP contribution in [0.1, 0.15) is 43.1 Å². The first-order chi connectivity index (χ1) is 11.2. The van der Waals surface area contributed by atoms with E-state index >= 15 is 0 Å². The predicted molar refractivity (Wildman–Crippen MR) is 105 cm³/mol. The molecule has 3 heterocycles. The van der Waals surface area contributed by atoms with E-state index in [-0.39, 0.29) is 0 Å². The maximum absolute atomic E-state index is 5.00. The van der Waals surface area contributed by atoms with Crippen molar-refractivity contribution in [1.29, 1.82) is 0 Å². The average Bonchev–Trinajstić information content (AvgIpc) is 3.19. The van der Waals surface area contributed by atoms with Gasteiger partial charge in [0.25, 0.3) is 0 Å². The van der Waals surface area contributed by atoms with Gasteiger partial charge in [0.1, 0.15) is 0 Å². The van der Waals surface area contributed by atoms with Gasteiger partial charge in [-0.1, -0.05) is 19.8 Å². The Hall–Kier alpha value is -1.45. The van der Waals surface area contributed by atoms with Crippen LogP contribution in [0.15, 0.2) is 21.5 Å². The van der Waals surface area contributed by atoms with Crippen LogP contribution in [0.25, 0.3) is 32.3 Å². The van der Waals surface area contributed by atoms with E-state index in [2.05, 4.69) is 42.3 Å². The maximum atomic E-state index is 5.00. The van der Waals surface area contributed by atoms with E-state index in [9.17, 15) is 0 Å². The Labute approximate surface area is 145 Å². The number of nitrogens with zero attached hydrogens (tertiary/aromatic N) is 1. The highest BCUT2D eigenvalue weighted by Gasteiger charge is 2.16. The zero-order chi connectivity index (χ0) is 16.0. The van der Waals surface area contributed by atoms with Gasteiger partial charge in [0.05, 0.1) is 0 Å². The van der Waals surface area contributed by atoms with E-state index in [0.717, 1.165) is 6.42 Å². The molecule has 0 amide bonds. The van der Waals surface area contributed by atoms with Crippen molar-refractivity contribution < 1.29 is 0 Å². The highest BCUT2D eigenvalue weighted by Crippen LogP contribution is 2.41. The third-order valence-corrected chi connectivity index (χ3v) is 6.38. The molecule has 0 N–H and O–H groups in total. The standard InChI is InChI=1S/C20H21NS2/c1-4-5-6-7-18-12(2)19-16-10-22-8-14(16)15-9-23-11-17(15)20(19)13(3)21-18/h8-11H,4-7H2,1-3H3. The van der Waals surface area contributed by atoms with Crippen LogP contribution in [0, 0.1) is 13.8 Å². The second-order valence-electron chi connectivity index (χ2n) is 6.37. The zero-order valence-electron chi connectivity index (χ0n) is 13.9. The summed E-state index contributed by atoms with van der Waals surface area (Å²) in [6.07, 6.45) is 4.89. The number of fused-ring (bicyclic) bond motifs is 6. The van der Waals surface area contributed by atoms with Crippen LogP contribution in [0.4, 0.5) is 0 Å². The fourth-order valence-electron chi connectivity index (χ4n) is 3.71.